The molecule has 28 heavy (non-hydrogen) atoms. The van der Waals surface area contributed by atoms with Gasteiger partial charge in [0.15, 0.2) is 5.69 Å². The third-order valence-corrected chi connectivity index (χ3v) is 3.70. The van der Waals surface area contributed by atoms with E-state index in [9.17, 15) is 22.8 Å². The molecule has 0 fully saturated rings. The van der Waals surface area contributed by atoms with Crippen molar-refractivity contribution in [3.8, 4) is 5.69 Å². The van der Waals surface area contributed by atoms with Gasteiger partial charge in [0, 0.05) is 12.3 Å². The van der Waals surface area contributed by atoms with E-state index >= 15 is 0 Å². The maximum Gasteiger partial charge on any atom is 0.434 e. The lowest BCUT2D eigenvalue weighted by Gasteiger charge is -2.14. The van der Waals surface area contributed by atoms with Crippen LogP contribution in [-0.2, 0) is 20.4 Å². The number of nitrogens with one attached hydrogen (secondary N) is 1. The second-order valence-electron chi connectivity index (χ2n) is 5.67. The Kier molecular flexibility index (Phi) is 6.79. The lowest BCUT2D eigenvalue weighted by atomic mass is 10.2. The van der Waals surface area contributed by atoms with Gasteiger partial charge in [-0.15, -0.1) is 0 Å². The largest absolute Gasteiger partial charge is 0.462 e. The second-order valence-corrected chi connectivity index (χ2v) is 5.67. The van der Waals surface area contributed by atoms with Gasteiger partial charge in [0.05, 0.1) is 18.5 Å². The van der Waals surface area contributed by atoms with Crippen LogP contribution in [0.5, 0.6) is 0 Å². The number of ether oxygens (including phenoxy) is 2. The number of carbonyl (C=O) groups is 2. The molecule has 1 N–H and O–H groups in total. The topological polar surface area (TPSA) is 82.5 Å². The van der Waals surface area contributed by atoms with E-state index < -0.39 is 29.5 Å². The van der Waals surface area contributed by atoms with Crippen LogP contribution in [0.4, 0.5) is 18.9 Å². The van der Waals surface area contributed by atoms with Crippen LogP contribution in [0.15, 0.2) is 30.5 Å². The summed E-state index contributed by atoms with van der Waals surface area (Å²) in [6.45, 7) is 5.15. The minimum atomic E-state index is -4.82. The Morgan fingerprint density at radius 2 is 1.82 bits per heavy atom. The van der Waals surface area contributed by atoms with Crippen LogP contribution in [0.2, 0.25) is 0 Å². The SMILES string of the molecule is CCOC(=O)c1cnn(-c2ccc(NC(=O)C(C)OCC)cc2)c1C(F)(F)F. The maximum absolute atomic E-state index is 13.5. The highest BCUT2D eigenvalue weighted by Crippen LogP contribution is 2.34. The Bertz CT molecular complexity index is 832. The van der Waals surface area contributed by atoms with E-state index in [-0.39, 0.29) is 18.2 Å². The van der Waals surface area contributed by atoms with Crippen molar-refractivity contribution in [2.45, 2.75) is 33.1 Å². The number of alkyl halides is 3. The van der Waals surface area contributed by atoms with Gasteiger partial charge < -0.3 is 14.8 Å². The highest BCUT2D eigenvalue weighted by molar-refractivity contribution is 5.94. The number of halogens is 3. The monoisotopic (exact) mass is 399 g/mol. The Labute approximate surface area is 159 Å². The molecule has 0 spiro atoms. The summed E-state index contributed by atoms with van der Waals surface area (Å²) in [4.78, 5) is 23.7. The zero-order valence-corrected chi connectivity index (χ0v) is 15.5. The molecule has 0 saturated carbocycles. The summed E-state index contributed by atoms with van der Waals surface area (Å²) in [5, 5.41) is 6.29. The summed E-state index contributed by atoms with van der Waals surface area (Å²) in [5.41, 5.74) is -1.45. The average molecular weight is 399 g/mol. The summed E-state index contributed by atoms with van der Waals surface area (Å²) in [6.07, 6.45) is -4.67. The molecule has 0 aliphatic rings. The summed E-state index contributed by atoms with van der Waals surface area (Å²) < 4.78 is 51.0. The summed E-state index contributed by atoms with van der Waals surface area (Å²) >= 11 is 0. The minimum Gasteiger partial charge on any atom is -0.462 e. The fraction of sp³-hybridized carbons (Fsp3) is 0.389. The highest BCUT2D eigenvalue weighted by atomic mass is 19.4. The first kappa shape index (κ1) is 21.4. The number of esters is 1. The second kappa shape index (κ2) is 8.87. The van der Waals surface area contributed by atoms with E-state index in [0.29, 0.717) is 17.0 Å². The molecule has 0 saturated heterocycles. The summed E-state index contributed by atoms with van der Waals surface area (Å²) in [5.74, 6) is -1.48. The molecule has 0 aliphatic carbocycles. The van der Waals surface area contributed by atoms with E-state index in [1.807, 2.05) is 0 Å². The van der Waals surface area contributed by atoms with Crippen molar-refractivity contribution in [2.75, 3.05) is 18.5 Å². The van der Waals surface area contributed by atoms with Gasteiger partial charge in [-0.1, -0.05) is 0 Å². The average Bonchev–Trinajstić information content (AvgIpc) is 3.08. The van der Waals surface area contributed by atoms with E-state index in [1.165, 1.54) is 31.2 Å². The molecule has 1 heterocycles. The summed E-state index contributed by atoms with van der Waals surface area (Å²) in [6, 6.07) is 5.55. The predicted molar refractivity (Wildman–Crippen MR) is 94.2 cm³/mol. The fourth-order valence-corrected chi connectivity index (χ4v) is 2.43. The smallest absolute Gasteiger partial charge is 0.434 e. The number of carbonyl (C=O) groups excluding carboxylic acids is 2. The van der Waals surface area contributed by atoms with Gasteiger partial charge in [0.25, 0.3) is 5.91 Å². The molecule has 0 bridgehead atoms. The Morgan fingerprint density at radius 1 is 1.18 bits per heavy atom. The molecule has 1 aromatic carbocycles. The molecule has 7 nitrogen and oxygen atoms in total. The Balaban J connectivity index is 2.31. The lowest BCUT2D eigenvalue weighted by Crippen LogP contribution is -2.27. The quantitative estimate of drug-likeness (QED) is 0.722. The number of anilines is 1. The van der Waals surface area contributed by atoms with Crippen LogP contribution in [0, 0.1) is 0 Å². The molecule has 1 amide bonds. The van der Waals surface area contributed by atoms with Crippen molar-refractivity contribution in [3.63, 3.8) is 0 Å². The third-order valence-electron chi connectivity index (χ3n) is 3.70. The molecule has 1 aromatic heterocycles. The van der Waals surface area contributed by atoms with Gasteiger partial charge in [-0.05, 0) is 45.0 Å². The molecular weight excluding hydrogens is 379 g/mol. The van der Waals surface area contributed by atoms with Crippen LogP contribution in [0.1, 0.15) is 36.8 Å². The molecule has 2 aromatic rings. The first-order chi connectivity index (χ1) is 13.2. The maximum atomic E-state index is 13.5. The first-order valence-electron chi connectivity index (χ1n) is 8.54. The predicted octanol–water partition coefficient (Wildman–Crippen LogP) is 3.43. The minimum absolute atomic E-state index is 0.0596. The van der Waals surface area contributed by atoms with E-state index in [1.54, 1.807) is 13.8 Å². The first-order valence-corrected chi connectivity index (χ1v) is 8.54. The van der Waals surface area contributed by atoms with Gasteiger partial charge in [0.1, 0.15) is 11.7 Å². The van der Waals surface area contributed by atoms with Crippen molar-refractivity contribution in [1.29, 1.82) is 0 Å². The number of benzene rings is 1. The number of hydrogen-bond donors (Lipinski definition) is 1. The van der Waals surface area contributed by atoms with Gasteiger partial charge in [-0.2, -0.15) is 18.3 Å². The van der Waals surface area contributed by atoms with Crippen molar-refractivity contribution in [3.05, 3.63) is 41.7 Å². The van der Waals surface area contributed by atoms with Gasteiger partial charge >= 0.3 is 12.1 Å². The van der Waals surface area contributed by atoms with E-state index in [4.69, 9.17) is 4.74 Å². The van der Waals surface area contributed by atoms with Crippen molar-refractivity contribution in [2.24, 2.45) is 0 Å². The number of rotatable bonds is 7. The lowest BCUT2D eigenvalue weighted by molar-refractivity contribution is -0.143. The van der Waals surface area contributed by atoms with E-state index in [0.717, 1.165) is 6.20 Å². The Morgan fingerprint density at radius 3 is 2.36 bits per heavy atom. The molecule has 2 rings (SSSR count). The van der Waals surface area contributed by atoms with Crippen molar-refractivity contribution < 1.29 is 32.2 Å². The summed E-state index contributed by atoms with van der Waals surface area (Å²) in [7, 11) is 0. The molecule has 0 radical (unpaired) electrons. The molecule has 1 unspecified atom stereocenters. The van der Waals surface area contributed by atoms with Crippen LogP contribution in [-0.4, -0.2) is 41.0 Å². The van der Waals surface area contributed by atoms with Crippen LogP contribution >= 0.6 is 0 Å². The Hall–Kier alpha value is -2.88. The fourth-order valence-electron chi connectivity index (χ4n) is 2.43. The molecule has 0 aliphatic heterocycles. The number of aromatic nitrogens is 2. The number of hydrogen-bond acceptors (Lipinski definition) is 5. The molecule has 152 valence electrons. The molecular formula is C18H20F3N3O4. The number of amides is 1. The van der Waals surface area contributed by atoms with Crippen LogP contribution in [0.3, 0.4) is 0 Å². The third kappa shape index (κ3) is 4.89. The van der Waals surface area contributed by atoms with Gasteiger partial charge in [0.2, 0.25) is 0 Å². The van der Waals surface area contributed by atoms with E-state index in [2.05, 4.69) is 15.2 Å². The van der Waals surface area contributed by atoms with Crippen molar-refractivity contribution in [1.82, 2.24) is 9.78 Å². The zero-order chi connectivity index (χ0) is 20.9. The highest BCUT2D eigenvalue weighted by Gasteiger charge is 2.41. The zero-order valence-electron chi connectivity index (χ0n) is 15.5. The van der Waals surface area contributed by atoms with Gasteiger partial charge in [-0.25, -0.2) is 9.48 Å². The van der Waals surface area contributed by atoms with Crippen molar-refractivity contribution >= 4 is 17.6 Å². The number of nitrogens with zero attached hydrogens (tertiary/aromatic N) is 2. The molecule has 10 heteroatoms. The van der Waals surface area contributed by atoms with Crippen LogP contribution < -0.4 is 5.32 Å². The standard InChI is InChI=1S/C18H20F3N3O4/c1-4-27-11(3)16(25)23-12-6-8-13(9-7-12)24-15(18(19,20)21)14(10-22-24)17(26)28-5-2/h6-11H,4-5H2,1-3H3,(H,23,25). The van der Waals surface area contributed by atoms with Gasteiger partial charge in [-0.3, -0.25) is 4.79 Å². The van der Waals surface area contributed by atoms with Crippen LogP contribution in [0.25, 0.3) is 5.69 Å². The normalized spacial score (nSPS) is 12.5. The molecule has 1 atom stereocenters.